The van der Waals surface area contributed by atoms with Crippen LogP contribution in [0.25, 0.3) is 11.0 Å². The van der Waals surface area contributed by atoms with Gasteiger partial charge in [0.25, 0.3) is 0 Å². The number of hydrogen-bond acceptors (Lipinski definition) is 8. The molecule has 28 heavy (non-hydrogen) atoms. The first-order chi connectivity index (χ1) is 13.4. The number of fused-ring (bicyclic) bond motifs is 1. The monoisotopic (exact) mass is 388 g/mol. The number of carbonyl (C=O) groups is 1. The number of esters is 1. The molecular formula is C18H25BN4O5. The molecule has 0 radical (unpaired) electrons. The first kappa shape index (κ1) is 20.5. The Labute approximate surface area is 163 Å². The summed E-state index contributed by atoms with van der Waals surface area (Å²) in [6.45, 7) is 7.02. The molecule has 1 saturated heterocycles. The average molecular weight is 388 g/mol. The highest BCUT2D eigenvalue weighted by molar-refractivity contribution is 6.58. The van der Waals surface area contributed by atoms with Crippen molar-refractivity contribution in [3.8, 4) is 0 Å². The molecule has 1 fully saturated rings. The number of aromatic nitrogens is 2. The van der Waals surface area contributed by atoms with Crippen molar-refractivity contribution in [3.05, 3.63) is 34.2 Å². The van der Waals surface area contributed by atoms with E-state index in [9.17, 15) is 19.6 Å². The topological polar surface area (TPSA) is 108 Å². The Balaban J connectivity index is 1.98. The second-order valence-corrected chi connectivity index (χ2v) is 6.94. The Morgan fingerprint density at radius 2 is 1.96 bits per heavy atom. The zero-order chi connectivity index (χ0) is 20.3. The van der Waals surface area contributed by atoms with Gasteiger partial charge in [0, 0.05) is 57.1 Å². The summed E-state index contributed by atoms with van der Waals surface area (Å²) in [4.78, 5) is 33.9. The molecule has 1 aliphatic rings. The Morgan fingerprint density at radius 3 is 2.61 bits per heavy atom. The van der Waals surface area contributed by atoms with E-state index in [1.165, 1.54) is 18.5 Å². The summed E-state index contributed by atoms with van der Waals surface area (Å²) in [6, 6.07) is 1.37. The Morgan fingerprint density at radius 1 is 1.25 bits per heavy atom. The maximum Gasteiger partial charge on any atom is 0.490 e. The lowest BCUT2D eigenvalue weighted by atomic mass is 9.81. The molecule has 2 aromatic rings. The molecule has 0 atom stereocenters. The number of rotatable bonds is 6. The SMILES string of the molecule is CCOC(=O)c1cn(CCN2CCN(C)CC2)c2ncc(B(O)O)cc2c1=O. The van der Waals surface area contributed by atoms with Gasteiger partial charge in [-0.25, -0.2) is 9.78 Å². The highest BCUT2D eigenvalue weighted by Gasteiger charge is 2.21. The van der Waals surface area contributed by atoms with E-state index < -0.39 is 18.5 Å². The largest absolute Gasteiger partial charge is 0.490 e. The first-order valence-electron chi connectivity index (χ1n) is 9.38. The summed E-state index contributed by atoms with van der Waals surface area (Å²) in [6.07, 6.45) is 2.81. The van der Waals surface area contributed by atoms with E-state index in [0.717, 1.165) is 32.7 Å². The average Bonchev–Trinajstić information content (AvgIpc) is 2.68. The van der Waals surface area contributed by atoms with Crippen molar-refractivity contribution in [2.45, 2.75) is 13.5 Å². The fourth-order valence-electron chi connectivity index (χ4n) is 3.28. The number of piperazine rings is 1. The van der Waals surface area contributed by atoms with Gasteiger partial charge in [-0.05, 0) is 20.0 Å². The molecular weight excluding hydrogens is 363 g/mol. The highest BCUT2D eigenvalue weighted by atomic mass is 16.5. The van der Waals surface area contributed by atoms with Crippen LogP contribution in [0.15, 0.2) is 23.3 Å². The van der Waals surface area contributed by atoms with Crippen molar-refractivity contribution in [3.63, 3.8) is 0 Å². The summed E-state index contributed by atoms with van der Waals surface area (Å²) >= 11 is 0. The quantitative estimate of drug-likeness (QED) is 0.455. The third-order valence-electron chi connectivity index (χ3n) is 4.98. The van der Waals surface area contributed by atoms with Crippen LogP contribution in [0.4, 0.5) is 0 Å². The van der Waals surface area contributed by atoms with Crippen LogP contribution >= 0.6 is 0 Å². The van der Waals surface area contributed by atoms with Gasteiger partial charge in [0.15, 0.2) is 0 Å². The molecule has 0 unspecified atom stereocenters. The summed E-state index contributed by atoms with van der Waals surface area (Å²) in [5, 5.41) is 19.0. The van der Waals surface area contributed by atoms with E-state index in [1.54, 1.807) is 11.5 Å². The molecule has 0 aliphatic carbocycles. The first-order valence-corrected chi connectivity index (χ1v) is 9.38. The van der Waals surface area contributed by atoms with Crippen molar-refractivity contribution in [1.82, 2.24) is 19.4 Å². The van der Waals surface area contributed by atoms with Crippen LogP contribution in [0.5, 0.6) is 0 Å². The molecule has 0 bridgehead atoms. The number of carbonyl (C=O) groups excluding carboxylic acids is 1. The lowest BCUT2D eigenvalue weighted by Gasteiger charge is -2.32. The number of pyridine rings is 2. The van der Waals surface area contributed by atoms with E-state index in [2.05, 4.69) is 21.8 Å². The van der Waals surface area contributed by atoms with Gasteiger partial charge in [0.1, 0.15) is 11.2 Å². The zero-order valence-corrected chi connectivity index (χ0v) is 16.2. The van der Waals surface area contributed by atoms with E-state index in [0.29, 0.717) is 12.2 Å². The maximum absolute atomic E-state index is 12.8. The Kier molecular flexibility index (Phi) is 6.45. The third kappa shape index (κ3) is 4.41. The molecule has 3 rings (SSSR count). The second kappa shape index (κ2) is 8.83. The molecule has 10 heteroatoms. The normalized spacial score (nSPS) is 15.7. The van der Waals surface area contributed by atoms with Gasteiger partial charge in [0.2, 0.25) is 5.43 Å². The Hall–Kier alpha value is -2.27. The van der Waals surface area contributed by atoms with Gasteiger partial charge < -0.3 is 24.3 Å². The van der Waals surface area contributed by atoms with Gasteiger partial charge in [-0.15, -0.1) is 0 Å². The molecule has 150 valence electrons. The third-order valence-corrected chi connectivity index (χ3v) is 4.98. The predicted molar refractivity (Wildman–Crippen MR) is 106 cm³/mol. The number of likely N-dealkylation sites (N-methyl/N-ethyl adjacent to an activating group) is 1. The van der Waals surface area contributed by atoms with Crippen LogP contribution in [0, 0.1) is 0 Å². The summed E-state index contributed by atoms with van der Waals surface area (Å²) < 4.78 is 6.77. The van der Waals surface area contributed by atoms with E-state index in [-0.39, 0.29) is 23.0 Å². The maximum atomic E-state index is 12.8. The second-order valence-electron chi connectivity index (χ2n) is 6.94. The van der Waals surface area contributed by atoms with Gasteiger partial charge in [-0.2, -0.15) is 0 Å². The smallest absolute Gasteiger partial charge is 0.462 e. The van der Waals surface area contributed by atoms with Gasteiger partial charge >= 0.3 is 13.1 Å². The standard InChI is InChI=1S/C18H25BN4O5/c1-3-28-18(25)15-12-23(9-8-22-6-4-21(2)5-7-22)17-14(16(15)24)10-13(11-20-17)19(26)27/h10-12,26-27H,3-9H2,1-2H3. The van der Waals surface area contributed by atoms with Crippen LogP contribution in [-0.4, -0.2) is 88.9 Å². The van der Waals surface area contributed by atoms with E-state index >= 15 is 0 Å². The number of ether oxygens (including phenoxy) is 1. The number of hydrogen-bond donors (Lipinski definition) is 2. The van der Waals surface area contributed by atoms with Crippen molar-refractivity contribution < 1.29 is 19.6 Å². The molecule has 3 heterocycles. The van der Waals surface area contributed by atoms with Crippen molar-refractivity contribution in [2.75, 3.05) is 46.4 Å². The molecule has 0 saturated carbocycles. The van der Waals surface area contributed by atoms with Crippen LogP contribution < -0.4 is 10.9 Å². The molecule has 2 N–H and O–H groups in total. The Bertz CT molecular complexity index is 909. The molecule has 0 aromatic carbocycles. The van der Waals surface area contributed by atoms with Gasteiger partial charge in [0.05, 0.1) is 12.0 Å². The van der Waals surface area contributed by atoms with Crippen LogP contribution in [0.2, 0.25) is 0 Å². The fourth-order valence-corrected chi connectivity index (χ4v) is 3.28. The van der Waals surface area contributed by atoms with E-state index in [1.807, 2.05) is 0 Å². The van der Waals surface area contributed by atoms with Crippen LogP contribution in [0.3, 0.4) is 0 Å². The van der Waals surface area contributed by atoms with Crippen molar-refractivity contribution in [2.24, 2.45) is 0 Å². The van der Waals surface area contributed by atoms with Crippen LogP contribution in [0.1, 0.15) is 17.3 Å². The van der Waals surface area contributed by atoms with E-state index in [4.69, 9.17) is 4.74 Å². The summed E-state index contributed by atoms with van der Waals surface area (Å²) in [5.41, 5.74) is -0.119. The van der Waals surface area contributed by atoms with Crippen LogP contribution in [-0.2, 0) is 11.3 Å². The molecule has 2 aromatic heterocycles. The lowest BCUT2D eigenvalue weighted by Crippen LogP contribution is -2.45. The summed E-state index contributed by atoms with van der Waals surface area (Å²) in [5.74, 6) is -0.697. The minimum Gasteiger partial charge on any atom is -0.462 e. The van der Waals surface area contributed by atoms with Crippen molar-refractivity contribution >= 4 is 29.6 Å². The molecule has 0 spiro atoms. The lowest BCUT2D eigenvalue weighted by molar-refractivity contribution is 0.0524. The molecule has 9 nitrogen and oxygen atoms in total. The molecule has 0 amide bonds. The van der Waals surface area contributed by atoms with Gasteiger partial charge in [-0.3, -0.25) is 9.69 Å². The van der Waals surface area contributed by atoms with Gasteiger partial charge in [-0.1, -0.05) is 0 Å². The highest BCUT2D eigenvalue weighted by Crippen LogP contribution is 2.10. The predicted octanol–water partition coefficient (Wildman–Crippen LogP) is -1.50. The molecule has 1 aliphatic heterocycles. The van der Waals surface area contributed by atoms with Crippen molar-refractivity contribution in [1.29, 1.82) is 0 Å². The zero-order valence-electron chi connectivity index (χ0n) is 16.2. The number of nitrogens with zero attached hydrogens (tertiary/aromatic N) is 4. The minimum absolute atomic E-state index is 0.0842. The summed E-state index contributed by atoms with van der Waals surface area (Å²) in [7, 11) is 0.344. The minimum atomic E-state index is -1.75. The fraction of sp³-hybridized carbons (Fsp3) is 0.500.